The first-order chi connectivity index (χ1) is 21.4. The molecule has 3 rings (SSSR count). The highest BCUT2D eigenvalue weighted by Crippen LogP contribution is 2.27. The Bertz CT molecular complexity index is 1400. The van der Waals surface area contributed by atoms with Crippen molar-refractivity contribution in [2.45, 2.75) is 84.4 Å². The van der Waals surface area contributed by atoms with Gasteiger partial charge < -0.3 is 30.1 Å². The van der Waals surface area contributed by atoms with Crippen molar-refractivity contribution in [3.8, 4) is 11.5 Å². The molecular weight excluding hydrogens is 570 g/mol. The van der Waals surface area contributed by atoms with Gasteiger partial charge in [-0.15, -0.1) is 0 Å². The molecule has 0 aliphatic heterocycles. The number of phenolic OH excluding ortho intramolecular Hbond substituents is 1. The lowest BCUT2D eigenvalue weighted by Crippen LogP contribution is -2.53. The molecule has 0 spiro atoms. The molecular formula is C36H47N3O6. The number of nitrogens with zero attached hydrogens (tertiary/aromatic N) is 1. The summed E-state index contributed by atoms with van der Waals surface area (Å²) >= 11 is 0. The van der Waals surface area contributed by atoms with Gasteiger partial charge in [0.05, 0.1) is 7.11 Å². The highest BCUT2D eigenvalue weighted by atomic mass is 16.6. The quantitative estimate of drug-likeness (QED) is 0.169. The Morgan fingerprint density at radius 3 is 2.22 bits per heavy atom. The topological polar surface area (TPSA) is 117 Å². The Balaban J connectivity index is 2.06. The van der Waals surface area contributed by atoms with E-state index in [0.29, 0.717) is 30.0 Å². The van der Waals surface area contributed by atoms with Crippen LogP contribution in [0.2, 0.25) is 0 Å². The van der Waals surface area contributed by atoms with E-state index >= 15 is 0 Å². The fourth-order valence-corrected chi connectivity index (χ4v) is 4.99. The third kappa shape index (κ3) is 11.2. The average molecular weight is 618 g/mol. The predicted molar refractivity (Wildman–Crippen MR) is 176 cm³/mol. The lowest BCUT2D eigenvalue weighted by Gasteiger charge is -2.35. The number of hydrogen-bond acceptors (Lipinski definition) is 6. The van der Waals surface area contributed by atoms with Gasteiger partial charge in [-0.3, -0.25) is 9.59 Å². The number of carbonyl (C=O) groups is 3. The molecule has 3 aromatic rings. The first kappa shape index (κ1) is 35.0. The lowest BCUT2D eigenvalue weighted by atomic mass is 9.98. The smallest absolute Gasteiger partial charge is 0.408 e. The minimum atomic E-state index is -1.04. The summed E-state index contributed by atoms with van der Waals surface area (Å²) in [5.41, 5.74) is 2.11. The van der Waals surface area contributed by atoms with Crippen LogP contribution in [0.1, 0.15) is 76.1 Å². The van der Waals surface area contributed by atoms with Crippen molar-refractivity contribution in [1.29, 1.82) is 0 Å². The van der Waals surface area contributed by atoms with Crippen LogP contribution in [0.4, 0.5) is 10.5 Å². The van der Waals surface area contributed by atoms with Gasteiger partial charge in [-0.05, 0) is 81.6 Å². The van der Waals surface area contributed by atoms with Gasteiger partial charge in [-0.25, -0.2) is 4.79 Å². The van der Waals surface area contributed by atoms with Crippen molar-refractivity contribution in [3.05, 3.63) is 89.5 Å². The molecule has 0 radical (unpaired) electrons. The van der Waals surface area contributed by atoms with Crippen LogP contribution in [0.3, 0.4) is 0 Å². The number of aromatic hydroxyl groups is 1. The summed E-state index contributed by atoms with van der Waals surface area (Å²) in [5.74, 6) is -0.0488. The first-order valence-electron chi connectivity index (χ1n) is 15.5. The van der Waals surface area contributed by atoms with Crippen LogP contribution >= 0.6 is 0 Å². The van der Waals surface area contributed by atoms with Crippen molar-refractivity contribution in [1.82, 2.24) is 10.2 Å². The largest absolute Gasteiger partial charge is 0.508 e. The van der Waals surface area contributed by atoms with E-state index in [4.69, 9.17) is 9.47 Å². The zero-order valence-corrected chi connectivity index (χ0v) is 27.3. The van der Waals surface area contributed by atoms with Gasteiger partial charge in [0, 0.05) is 18.7 Å². The fourth-order valence-electron chi connectivity index (χ4n) is 4.99. The normalized spacial score (nSPS) is 12.5. The molecule has 0 saturated heterocycles. The van der Waals surface area contributed by atoms with Gasteiger partial charge in [-0.2, -0.15) is 0 Å². The van der Waals surface area contributed by atoms with Gasteiger partial charge in [0.2, 0.25) is 5.91 Å². The van der Waals surface area contributed by atoms with Crippen LogP contribution in [-0.4, -0.2) is 53.2 Å². The Kier molecular flexibility index (Phi) is 12.8. The zero-order valence-electron chi connectivity index (χ0n) is 27.3. The standard InChI is InChI=1S/C36H47N3O6/c1-7-8-9-10-22-39(34(42)31(38-35(43)45-36(3,4)5)24-26-14-18-29(40)19-15-26)32(27-13-11-12-25(2)23-27)33(41)37-28-16-20-30(44-6)21-17-28/h11-21,23,31-32,40H,7-10,22,24H2,1-6H3,(H,37,41)(H,38,43). The number of ether oxygens (including phenoxy) is 2. The summed E-state index contributed by atoms with van der Waals surface area (Å²) < 4.78 is 10.8. The molecule has 2 unspecified atom stereocenters. The SMILES string of the molecule is CCCCCCN(C(=O)C(Cc1ccc(O)cc1)NC(=O)OC(C)(C)C)C(C(=O)Nc1ccc(OC)cc1)c1cccc(C)c1. The summed E-state index contributed by atoms with van der Waals surface area (Å²) in [6.07, 6.45) is 2.95. The van der Waals surface area contributed by atoms with Gasteiger partial charge >= 0.3 is 6.09 Å². The molecule has 3 amide bonds. The van der Waals surface area contributed by atoms with E-state index in [2.05, 4.69) is 17.6 Å². The molecule has 0 aromatic heterocycles. The molecule has 0 saturated carbocycles. The van der Waals surface area contributed by atoms with Crippen LogP contribution < -0.4 is 15.4 Å². The molecule has 3 N–H and O–H groups in total. The molecule has 2 atom stereocenters. The molecule has 45 heavy (non-hydrogen) atoms. The van der Waals surface area contributed by atoms with E-state index in [-0.39, 0.29) is 18.1 Å². The number of phenols is 1. The maximum atomic E-state index is 14.6. The number of nitrogens with one attached hydrogen (secondary N) is 2. The Morgan fingerprint density at radius 2 is 1.62 bits per heavy atom. The van der Waals surface area contributed by atoms with E-state index in [9.17, 15) is 19.5 Å². The van der Waals surface area contributed by atoms with E-state index in [1.54, 1.807) is 69.2 Å². The van der Waals surface area contributed by atoms with Crippen LogP contribution in [-0.2, 0) is 20.7 Å². The van der Waals surface area contributed by atoms with Crippen molar-refractivity contribution in [3.63, 3.8) is 0 Å². The number of amides is 3. The number of methoxy groups -OCH3 is 1. The number of rotatable bonds is 14. The Morgan fingerprint density at radius 1 is 0.933 bits per heavy atom. The lowest BCUT2D eigenvalue weighted by molar-refractivity contribution is -0.140. The number of alkyl carbamates (subject to hydrolysis) is 1. The Hall–Kier alpha value is -4.53. The number of unbranched alkanes of at least 4 members (excludes halogenated alkanes) is 3. The molecule has 0 aliphatic carbocycles. The van der Waals surface area contributed by atoms with Gasteiger partial charge in [0.1, 0.15) is 29.2 Å². The molecule has 9 nitrogen and oxygen atoms in total. The van der Waals surface area contributed by atoms with Crippen LogP contribution in [0.25, 0.3) is 0 Å². The summed E-state index contributed by atoms with van der Waals surface area (Å²) in [5, 5.41) is 15.6. The molecule has 0 heterocycles. The average Bonchev–Trinajstić information content (AvgIpc) is 2.98. The third-order valence-corrected chi connectivity index (χ3v) is 7.18. The minimum absolute atomic E-state index is 0.0917. The summed E-state index contributed by atoms with van der Waals surface area (Å²) in [7, 11) is 1.57. The second-order valence-electron chi connectivity index (χ2n) is 12.2. The highest BCUT2D eigenvalue weighted by Gasteiger charge is 2.36. The fraction of sp³-hybridized carbons (Fsp3) is 0.417. The first-order valence-corrected chi connectivity index (χ1v) is 15.5. The number of benzene rings is 3. The van der Waals surface area contributed by atoms with Gasteiger partial charge in [-0.1, -0.05) is 68.1 Å². The van der Waals surface area contributed by atoms with E-state index in [0.717, 1.165) is 30.4 Å². The van der Waals surface area contributed by atoms with Crippen LogP contribution in [0, 0.1) is 6.92 Å². The number of hydrogen-bond donors (Lipinski definition) is 3. The minimum Gasteiger partial charge on any atom is -0.508 e. The van der Waals surface area contributed by atoms with E-state index in [1.807, 2.05) is 31.2 Å². The third-order valence-electron chi connectivity index (χ3n) is 7.18. The summed E-state index contributed by atoms with van der Waals surface area (Å²) in [6.45, 7) is 9.60. The van der Waals surface area contributed by atoms with Crippen LogP contribution in [0.15, 0.2) is 72.8 Å². The van der Waals surface area contributed by atoms with Crippen molar-refractivity contribution < 1.29 is 29.0 Å². The number of carbonyl (C=O) groups excluding carboxylic acids is 3. The van der Waals surface area contributed by atoms with Crippen LogP contribution in [0.5, 0.6) is 11.5 Å². The molecule has 0 bridgehead atoms. The van der Waals surface area contributed by atoms with E-state index in [1.165, 1.54) is 12.1 Å². The second-order valence-corrected chi connectivity index (χ2v) is 12.2. The van der Waals surface area contributed by atoms with Crippen molar-refractivity contribution in [2.75, 3.05) is 19.0 Å². The van der Waals surface area contributed by atoms with E-state index < -0.39 is 29.7 Å². The summed E-state index contributed by atoms with van der Waals surface area (Å²) in [6, 6.07) is 19.0. The molecule has 3 aromatic carbocycles. The van der Waals surface area contributed by atoms with Gasteiger partial charge in [0.25, 0.3) is 5.91 Å². The molecule has 242 valence electrons. The zero-order chi connectivity index (χ0) is 33.0. The molecule has 0 fully saturated rings. The summed E-state index contributed by atoms with van der Waals surface area (Å²) in [4.78, 5) is 43.4. The maximum absolute atomic E-state index is 14.6. The Labute approximate surface area is 266 Å². The van der Waals surface area contributed by atoms with Crippen molar-refractivity contribution >= 4 is 23.6 Å². The number of aryl methyl sites for hydroxylation is 1. The predicted octanol–water partition coefficient (Wildman–Crippen LogP) is 6.93. The highest BCUT2D eigenvalue weighted by molar-refractivity contribution is 5.99. The molecule has 9 heteroatoms. The molecule has 0 aliphatic rings. The number of anilines is 1. The maximum Gasteiger partial charge on any atom is 0.408 e. The monoisotopic (exact) mass is 617 g/mol. The van der Waals surface area contributed by atoms with Crippen molar-refractivity contribution in [2.24, 2.45) is 0 Å². The second kappa shape index (κ2) is 16.5. The van der Waals surface area contributed by atoms with Gasteiger partial charge in [0.15, 0.2) is 0 Å².